The maximum Gasteiger partial charge on any atom is 0.205 e. The molecule has 0 aromatic rings. The van der Waals surface area contributed by atoms with E-state index in [1.165, 1.54) is 6.26 Å². The molecule has 0 bridgehead atoms. The molecule has 0 aromatic carbocycles. The van der Waals surface area contributed by atoms with Crippen LogP contribution in [0.25, 0.3) is 0 Å². The summed E-state index contributed by atoms with van der Waals surface area (Å²) in [5.41, 5.74) is 0.432. The molecule has 9 nitrogen and oxygen atoms in total. The van der Waals surface area contributed by atoms with Crippen LogP contribution in [0.2, 0.25) is 0 Å². The molecule has 0 radical (unpaired) electrons. The number of aldehydes is 1. The molecule has 1 unspecified atom stereocenters. The van der Waals surface area contributed by atoms with Crippen LogP contribution in [0.5, 0.6) is 0 Å². The zero-order valence-electron chi connectivity index (χ0n) is 13.7. The Hall–Kier alpha value is -1.07. The minimum atomic E-state index is -1.55. The first-order valence-corrected chi connectivity index (χ1v) is 8.33. The van der Waals surface area contributed by atoms with Crippen LogP contribution in [0.4, 0.5) is 0 Å². The van der Waals surface area contributed by atoms with Gasteiger partial charge < -0.3 is 39.7 Å². The molecule has 25 heavy (non-hydrogen) atoms. The lowest BCUT2D eigenvalue weighted by Gasteiger charge is -2.43. The summed E-state index contributed by atoms with van der Waals surface area (Å²) in [7, 11) is 0. The van der Waals surface area contributed by atoms with E-state index in [2.05, 4.69) is 0 Å². The zero-order valence-corrected chi connectivity index (χ0v) is 13.7. The minimum absolute atomic E-state index is 0.219. The van der Waals surface area contributed by atoms with E-state index in [9.17, 15) is 30.3 Å². The van der Waals surface area contributed by atoms with Gasteiger partial charge in [-0.1, -0.05) is 6.92 Å². The molecule has 1 saturated carbocycles. The third kappa shape index (κ3) is 3.21. The maximum absolute atomic E-state index is 11.2. The topological polar surface area (TPSA) is 146 Å². The van der Waals surface area contributed by atoms with Gasteiger partial charge in [0.15, 0.2) is 6.29 Å². The van der Waals surface area contributed by atoms with Crippen molar-refractivity contribution in [2.24, 2.45) is 17.8 Å². The van der Waals surface area contributed by atoms with E-state index in [0.29, 0.717) is 18.3 Å². The van der Waals surface area contributed by atoms with Crippen molar-refractivity contribution >= 4 is 6.29 Å². The van der Waals surface area contributed by atoms with Crippen LogP contribution >= 0.6 is 0 Å². The van der Waals surface area contributed by atoms with Crippen molar-refractivity contribution in [2.75, 3.05) is 6.61 Å². The number of carbonyl (C=O) groups excluding carboxylic acids is 1. The smallest absolute Gasteiger partial charge is 0.205 e. The average molecular weight is 360 g/mol. The second kappa shape index (κ2) is 7.28. The van der Waals surface area contributed by atoms with E-state index in [1.807, 2.05) is 6.92 Å². The average Bonchev–Trinajstić information content (AvgIpc) is 2.91. The summed E-state index contributed by atoms with van der Waals surface area (Å²) in [6.45, 7) is 1.25. The SMILES string of the molecule is C[C@@H]1C(O)C[C@@H]2C(C=O)=CO[C@@H](O[C@@H]3O[C@H](CO)[C@@H](O)[C@H](O)[C@H]3O)[C@@H]21. The fraction of sp³-hybridized carbons (Fsp3) is 0.812. The van der Waals surface area contributed by atoms with Crippen LogP contribution in [0.15, 0.2) is 11.8 Å². The Morgan fingerprint density at radius 3 is 2.56 bits per heavy atom. The molecule has 3 rings (SSSR count). The maximum atomic E-state index is 11.2. The molecule has 2 fully saturated rings. The van der Waals surface area contributed by atoms with Gasteiger partial charge in [0, 0.05) is 17.4 Å². The van der Waals surface area contributed by atoms with Gasteiger partial charge in [0.2, 0.25) is 6.29 Å². The van der Waals surface area contributed by atoms with Gasteiger partial charge in [-0.3, -0.25) is 4.79 Å². The Kier molecular flexibility index (Phi) is 5.45. The number of fused-ring (bicyclic) bond motifs is 1. The number of hydrogen-bond acceptors (Lipinski definition) is 9. The Labute approximate surface area is 144 Å². The van der Waals surface area contributed by atoms with Crippen LogP contribution < -0.4 is 0 Å². The molecule has 0 aromatic heterocycles. The lowest BCUT2D eigenvalue weighted by molar-refractivity contribution is -0.342. The van der Waals surface area contributed by atoms with Crippen LogP contribution in [-0.4, -0.2) is 81.5 Å². The molecular formula is C16H24O9. The summed E-state index contributed by atoms with van der Waals surface area (Å²) in [6.07, 6.45) is -6.18. The van der Waals surface area contributed by atoms with E-state index < -0.39 is 49.7 Å². The summed E-state index contributed by atoms with van der Waals surface area (Å²) in [4.78, 5) is 11.2. The lowest BCUT2D eigenvalue weighted by Crippen LogP contribution is -2.60. The molecule has 5 N–H and O–H groups in total. The van der Waals surface area contributed by atoms with E-state index in [4.69, 9.17) is 14.2 Å². The Balaban J connectivity index is 1.77. The van der Waals surface area contributed by atoms with Crippen molar-refractivity contribution in [1.29, 1.82) is 0 Å². The van der Waals surface area contributed by atoms with Crippen LogP contribution in [-0.2, 0) is 19.0 Å². The second-order valence-corrected chi connectivity index (χ2v) is 6.92. The van der Waals surface area contributed by atoms with Crippen LogP contribution in [0.1, 0.15) is 13.3 Å². The lowest BCUT2D eigenvalue weighted by atomic mass is 9.84. The first-order valence-electron chi connectivity index (χ1n) is 8.33. The first-order chi connectivity index (χ1) is 11.9. The Morgan fingerprint density at radius 2 is 1.92 bits per heavy atom. The summed E-state index contributed by atoms with van der Waals surface area (Å²) in [5, 5.41) is 49.1. The molecule has 10 atom stereocenters. The number of allylic oxidation sites excluding steroid dienone is 1. The minimum Gasteiger partial charge on any atom is -0.472 e. The molecule has 0 amide bonds. The number of hydrogen-bond donors (Lipinski definition) is 5. The van der Waals surface area contributed by atoms with Crippen molar-refractivity contribution in [3.05, 3.63) is 11.8 Å². The van der Waals surface area contributed by atoms with E-state index in [-0.39, 0.29) is 17.8 Å². The van der Waals surface area contributed by atoms with Crippen molar-refractivity contribution in [3.8, 4) is 0 Å². The predicted octanol–water partition coefficient (Wildman–Crippen LogP) is -2.12. The third-order valence-electron chi connectivity index (χ3n) is 5.51. The second-order valence-electron chi connectivity index (χ2n) is 6.92. The molecule has 9 heteroatoms. The van der Waals surface area contributed by atoms with Crippen molar-refractivity contribution < 1.29 is 44.5 Å². The Bertz CT molecular complexity index is 522. The van der Waals surface area contributed by atoms with Gasteiger partial charge in [-0.25, -0.2) is 0 Å². The third-order valence-corrected chi connectivity index (χ3v) is 5.51. The predicted molar refractivity (Wildman–Crippen MR) is 80.6 cm³/mol. The molecule has 0 spiro atoms. The van der Waals surface area contributed by atoms with Crippen LogP contribution in [0, 0.1) is 17.8 Å². The monoisotopic (exact) mass is 360 g/mol. The summed E-state index contributed by atoms with van der Waals surface area (Å²) < 4.78 is 16.5. The largest absolute Gasteiger partial charge is 0.472 e. The highest BCUT2D eigenvalue weighted by Gasteiger charge is 2.52. The molecule has 2 aliphatic heterocycles. The molecule has 142 valence electrons. The summed E-state index contributed by atoms with van der Waals surface area (Å²) in [6, 6.07) is 0. The van der Waals surface area contributed by atoms with Gasteiger partial charge in [0.05, 0.1) is 19.0 Å². The highest BCUT2D eigenvalue weighted by atomic mass is 16.8. The number of ether oxygens (including phenoxy) is 3. The van der Waals surface area contributed by atoms with Gasteiger partial charge in [-0.2, -0.15) is 0 Å². The highest BCUT2D eigenvalue weighted by Crippen LogP contribution is 2.46. The van der Waals surface area contributed by atoms with E-state index in [0.717, 1.165) is 0 Å². The molecule has 2 heterocycles. The molecular weight excluding hydrogens is 336 g/mol. The number of aliphatic hydroxyl groups excluding tert-OH is 5. The quantitative estimate of drug-likeness (QED) is 0.355. The number of aliphatic hydroxyl groups is 5. The van der Waals surface area contributed by atoms with Gasteiger partial charge >= 0.3 is 0 Å². The zero-order chi connectivity index (χ0) is 18.3. The summed E-state index contributed by atoms with van der Waals surface area (Å²) in [5.74, 6) is -0.803. The Morgan fingerprint density at radius 1 is 1.20 bits per heavy atom. The molecule has 3 aliphatic rings. The number of carbonyl (C=O) groups is 1. The van der Waals surface area contributed by atoms with Gasteiger partial charge in [0.1, 0.15) is 30.7 Å². The van der Waals surface area contributed by atoms with E-state index >= 15 is 0 Å². The fourth-order valence-electron chi connectivity index (χ4n) is 3.92. The number of rotatable bonds is 4. The van der Waals surface area contributed by atoms with E-state index in [1.54, 1.807) is 0 Å². The van der Waals surface area contributed by atoms with Crippen molar-refractivity contribution in [2.45, 2.75) is 56.4 Å². The van der Waals surface area contributed by atoms with Gasteiger partial charge in [-0.15, -0.1) is 0 Å². The van der Waals surface area contributed by atoms with Crippen molar-refractivity contribution in [1.82, 2.24) is 0 Å². The van der Waals surface area contributed by atoms with Crippen molar-refractivity contribution in [3.63, 3.8) is 0 Å². The first kappa shape index (κ1) is 18.7. The molecule has 1 saturated heterocycles. The normalized spacial score (nSPS) is 49.9. The standard InChI is InChI=1S/C16H24O9/c1-6-9(19)2-8-7(3-17)5-23-15(11(6)8)25-16-14(22)13(21)12(20)10(4-18)24-16/h3,5-6,8-16,18-22H,2,4H2,1H3/t6-,8-,9?,10-,11-,12-,13+,14-,15+,16+/m1/s1. The summed E-state index contributed by atoms with van der Waals surface area (Å²) >= 11 is 0. The fourth-order valence-corrected chi connectivity index (χ4v) is 3.92. The highest BCUT2D eigenvalue weighted by molar-refractivity contribution is 5.74. The van der Waals surface area contributed by atoms with Crippen LogP contribution in [0.3, 0.4) is 0 Å². The van der Waals surface area contributed by atoms with Gasteiger partial charge in [0.25, 0.3) is 0 Å². The van der Waals surface area contributed by atoms with Gasteiger partial charge in [-0.05, 0) is 12.3 Å². The molecule has 1 aliphatic carbocycles.